The molecule has 6 heteroatoms. The SMILES string of the molecule is COc1ccc(-c2nnc(Cn3cccc(C)c3=O)o2)cc1. The molecule has 1 aromatic carbocycles. The molecule has 0 aliphatic carbocycles. The normalized spacial score (nSPS) is 10.6. The lowest BCUT2D eigenvalue weighted by atomic mass is 10.2. The van der Waals surface area contributed by atoms with E-state index >= 15 is 0 Å². The number of pyridine rings is 1. The summed E-state index contributed by atoms with van der Waals surface area (Å²) in [6.07, 6.45) is 1.70. The van der Waals surface area contributed by atoms with Crippen LogP contribution in [0.2, 0.25) is 0 Å². The average Bonchev–Trinajstić information content (AvgIpc) is 3.00. The Labute approximate surface area is 127 Å². The molecule has 0 spiro atoms. The minimum Gasteiger partial charge on any atom is -0.497 e. The number of nitrogens with zero attached hydrogens (tertiary/aromatic N) is 3. The van der Waals surface area contributed by atoms with Crippen molar-refractivity contribution in [2.45, 2.75) is 13.5 Å². The highest BCUT2D eigenvalue weighted by Gasteiger charge is 2.10. The summed E-state index contributed by atoms with van der Waals surface area (Å²) in [5.74, 6) is 1.56. The summed E-state index contributed by atoms with van der Waals surface area (Å²) in [6, 6.07) is 10.9. The van der Waals surface area contributed by atoms with E-state index in [0.717, 1.165) is 11.3 Å². The Kier molecular flexibility index (Phi) is 3.74. The Bertz CT molecular complexity index is 834. The fourth-order valence-electron chi connectivity index (χ4n) is 2.09. The van der Waals surface area contributed by atoms with Gasteiger partial charge in [0.1, 0.15) is 12.3 Å². The van der Waals surface area contributed by atoms with E-state index in [4.69, 9.17) is 9.15 Å². The zero-order chi connectivity index (χ0) is 15.5. The highest BCUT2D eigenvalue weighted by atomic mass is 16.5. The Morgan fingerprint density at radius 2 is 1.95 bits per heavy atom. The fraction of sp³-hybridized carbons (Fsp3) is 0.188. The molecule has 0 bridgehead atoms. The molecule has 2 aromatic heterocycles. The first kappa shape index (κ1) is 14.1. The second kappa shape index (κ2) is 5.85. The van der Waals surface area contributed by atoms with Crippen LogP contribution < -0.4 is 10.3 Å². The van der Waals surface area contributed by atoms with Crippen molar-refractivity contribution >= 4 is 0 Å². The van der Waals surface area contributed by atoms with Gasteiger partial charge in [-0.25, -0.2) is 0 Å². The van der Waals surface area contributed by atoms with Crippen molar-refractivity contribution in [3.8, 4) is 17.2 Å². The summed E-state index contributed by atoms with van der Waals surface area (Å²) >= 11 is 0. The van der Waals surface area contributed by atoms with Crippen LogP contribution in [0.15, 0.2) is 51.8 Å². The molecule has 3 rings (SSSR count). The molecule has 0 aliphatic heterocycles. The number of benzene rings is 1. The predicted molar refractivity (Wildman–Crippen MR) is 80.8 cm³/mol. The molecular weight excluding hydrogens is 282 g/mol. The van der Waals surface area contributed by atoms with Gasteiger partial charge in [-0.15, -0.1) is 10.2 Å². The van der Waals surface area contributed by atoms with Crippen LogP contribution in [-0.2, 0) is 6.54 Å². The maximum atomic E-state index is 12.0. The van der Waals surface area contributed by atoms with Gasteiger partial charge >= 0.3 is 0 Å². The van der Waals surface area contributed by atoms with Gasteiger partial charge in [0, 0.05) is 17.3 Å². The lowest BCUT2D eigenvalue weighted by molar-refractivity contribution is 0.415. The number of rotatable bonds is 4. The van der Waals surface area contributed by atoms with Crippen molar-refractivity contribution in [2.75, 3.05) is 7.11 Å². The smallest absolute Gasteiger partial charge is 0.253 e. The van der Waals surface area contributed by atoms with Gasteiger partial charge in [-0.05, 0) is 37.3 Å². The Morgan fingerprint density at radius 1 is 1.18 bits per heavy atom. The van der Waals surface area contributed by atoms with E-state index in [1.54, 1.807) is 30.9 Å². The summed E-state index contributed by atoms with van der Waals surface area (Å²) < 4.78 is 12.3. The summed E-state index contributed by atoms with van der Waals surface area (Å²) in [4.78, 5) is 12.0. The zero-order valence-electron chi connectivity index (χ0n) is 12.3. The van der Waals surface area contributed by atoms with Gasteiger partial charge in [-0.1, -0.05) is 6.07 Å². The average molecular weight is 297 g/mol. The molecule has 0 N–H and O–H groups in total. The van der Waals surface area contributed by atoms with Gasteiger partial charge in [0.05, 0.1) is 7.11 Å². The Hall–Kier alpha value is -2.89. The quantitative estimate of drug-likeness (QED) is 0.738. The highest BCUT2D eigenvalue weighted by Crippen LogP contribution is 2.21. The summed E-state index contributed by atoms with van der Waals surface area (Å²) in [7, 11) is 1.61. The molecular formula is C16H15N3O3. The lowest BCUT2D eigenvalue weighted by Crippen LogP contribution is -2.21. The molecule has 0 saturated carbocycles. The first-order valence-electron chi connectivity index (χ1n) is 6.80. The minimum absolute atomic E-state index is 0.0632. The molecule has 0 unspecified atom stereocenters. The number of hydrogen-bond acceptors (Lipinski definition) is 5. The van der Waals surface area contributed by atoms with Crippen LogP contribution in [0.4, 0.5) is 0 Å². The van der Waals surface area contributed by atoms with Crippen LogP contribution in [0, 0.1) is 6.92 Å². The third-order valence-corrected chi connectivity index (χ3v) is 3.32. The first-order valence-corrected chi connectivity index (χ1v) is 6.80. The third kappa shape index (κ3) is 2.76. The molecule has 112 valence electrons. The maximum Gasteiger partial charge on any atom is 0.253 e. The summed E-state index contributed by atoms with van der Waals surface area (Å²) in [6.45, 7) is 2.03. The van der Waals surface area contributed by atoms with Crippen LogP contribution in [0.25, 0.3) is 11.5 Å². The standard InChI is InChI=1S/C16H15N3O3/c1-11-4-3-9-19(16(11)20)10-14-17-18-15(22-14)12-5-7-13(21-2)8-6-12/h3-9H,10H2,1-2H3. The van der Waals surface area contributed by atoms with Crippen molar-refractivity contribution in [1.29, 1.82) is 0 Å². The largest absolute Gasteiger partial charge is 0.497 e. The number of aryl methyl sites for hydroxylation is 1. The molecule has 0 aliphatic rings. The van der Waals surface area contributed by atoms with Crippen molar-refractivity contribution in [1.82, 2.24) is 14.8 Å². The van der Waals surface area contributed by atoms with Gasteiger partial charge in [-0.2, -0.15) is 0 Å². The molecule has 22 heavy (non-hydrogen) atoms. The summed E-state index contributed by atoms with van der Waals surface area (Å²) in [5, 5.41) is 8.01. The van der Waals surface area contributed by atoms with E-state index in [-0.39, 0.29) is 12.1 Å². The van der Waals surface area contributed by atoms with E-state index in [2.05, 4.69) is 10.2 Å². The highest BCUT2D eigenvalue weighted by molar-refractivity contribution is 5.53. The Morgan fingerprint density at radius 3 is 2.68 bits per heavy atom. The predicted octanol–water partition coefficient (Wildman–Crippen LogP) is 2.26. The van der Waals surface area contributed by atoms with Gasteiger partial charge in [-0.3, -0.25) is 4.79 Å². The molecule has 2 heterocycles. The molecule has 3 aromatic rings. The zero-order valence-corrected chi connectivity index (χ0v) is 12.3. The number of hydrogen-bond donors (Lipinski definition) is 0. The van der Waals surface area contributed by atoms with Crippen LogP contribution in [-0.4, -0.2) is 21.9 Å². The van der Waals surface area contributed by atoms with Crippen LogP contribution in [0.3, 0.4) is 0 Å². The Balaban J connectivity index is 1.84. The van der Waals surface area contributed by atoms with Gasteiger partial charge in [0.25, 0.3) is 5.56 Å². The minimum atomic E-state index is -0.0632. The van der Waals surface area contributed by atoms with E-state index in [1.807, 2.05) is 30.3 Å². The van der Waals surface area contributed by atoms with Gasteiger partial charge in [0.15, 0.2) is 0 Å². The monoisotopic (exact) mass is 297 g/mol. The molecule has 6 nitrogen and oxygen atoms in total. The first-order chi connectivity index (χ1) is 10.7. The topological polar surface area (TPSA) is 70.2 Å². The fourth-order valence-corrected chi connectivity index (χ4v) is 2.09. The van der Waals surface area contributed by atoms with Crippen LogP contribution in [0.5, 0.6) is 5.75 Å². The molecule has 0 amide bonds. The lowest BCUT2D eigenvalue weighted by Gasteiger charge is -2.02. The second-order valence-electron chi connectivity index (χ2n) is 4.85. The van der Waals surface area contributed by atoms with Crippen molar-refractivity contribution in [3.63, 3.8) is 0 Å². The van der Waals surface area contributed by atoms with Crippen molar-refractivity contribution in [3.05, 3.63) is 64.4 Å². The van der Waals surface area contributed by atoms with E-state index < -0.39 is 0 Å². The van der Waals surface area contributed by atoms with Crippen LogP contribution in [0.1, 0.15) is 11.5 Å². The second-order valence-corrected chi connectivity index (χ2v) is 4.85. The van der Waals surface area contributed by atoms with Crippen LogP contribution >= 0.6 is 0 Å². The van der Waals surface area contributed by atoms with Crippen molar-refractivity contribution < 1.29 is 9.15 Å². The number of ether oxygens (including phenoxy) is 1. The van der Waals surface area contributed by atoms with E-state index in [0.29, 0.717) is 17.3 Å². The number of methoxy groups -OCH3 is 1. The summed E-state index contributed by atoms with van der Waals surface area (Å²) in [5.41, 5.74) is 1.42. The molecule has 0 atom stereocenters. The van der Waals surface area contributed by atoms with E-state index in [9.17, 15) is 4.79 Å². The molecule has 0 radical (unpaired) electrons. The van der Waals surface area contributed by atoms with Gasteiger partial charge < -0.3 is 13.7 Å². The maximum absolute atomic E-state index is 12.0. The van der Waals surface area contributed by atoms with Gasteiger partial charge in [0.2, 0.25) is 11.8 Å². The van der Waals surface area contributed by atoms with Crippen molar-refractivity contribution in [2.24, 2.45) is 0 Å². The number of aromatic nitrogens is 3. The third-order valence-electron chi connectivity index (χ3n) is 3.32. The molecule has 0 saturated heterocycles. The molecule has 0 fully saturated rings. The van der Waals surface area contributed by atoms with E-state index in [1.165, 1.54) is 0 Å².